The van der Waals surface area contributed by atoms with Gasteiger partial charge in [-0.15, -0.1) is 0 Å². The zero-order valence-electron chi connectivity index (χ0n) is 11.8. The second kappa shape index (κ2) is 6.95. The minimum Gasteiger partial charge on any atom is -0.346 e. The summed E-state index contributed by atoms with van der Waals surface area (Å²) in [5, 5.41) is 11.1. The van der Waals surface area contributed by atoms with Gasteiger partial charge < -0.3 is 5.32 Å². The molecule has 0 aliphatic heterocycles. The average molecular weight is 313 g/mol. The van der Waals surface area contributed by atoms with Crippen molar-refractivity contribution in [3.63, 3.8) is 0 Å². The molecule has 3 aromatic heterocycles. The van der Waals surface area contributed by atoms with E-state index in [1.165, 1.54) is 22.9 Å². The molecule has 1 atom stereocenters. The highest BCUT2D eigenvalue weighted by atomic mass is 32.1. The quantitative estimate of drug-likeness (QED) is 0.753. The first-order chi connectivity index (χ1) is 10.8. The summed E-state index contributed by atoms with van der Waals surface area (Å²) >= 11 is 1.64. The van der Waals surface area contributed by atoms with E-state index in [0.29, 0.717) is 6.42 Å². The van der Waals surface area contributed by atoms with E-state index in [2.05, 4.69) is 31.8 Å². The van der Waals surface area contributed by atoms with E-state index in [-0.39, 0.29) is 18.5 Å². The predicted molar refractivity (Wildman–Crippen MR) is 83.2 cm³/mol. The fraction of sp³-hybridized carbons (Fsp3) is 0.200. The SMILES string of the molecule is O=C(Cn1cncn1)N[C@H](Cc1ccsc1)c1ccccn1. The summed E-state index contributed by atoms with van der Waals surface area (Å²) in [5.74, 6) is -0.114. The number of aromatic nitrogens is 4. The van der Waals surface area contributed by atoms with Crippen LogP contribution in [0.3, 0.4) is 0 Å². The number of pyridine rings is 1. The van der Waals surface area contributed by atoms with Gasteiger partial charge in [-0.3, -0.25) is 9.78 Å². The third-order valence-corrected chi connectivity index (χ3v) is 3.90. The summed E-state index contributed by atoms with van der Waals surface area (Å²) in [5.41, 5.74) is 2.03. The van der Waals surface area contributed by atoms with Crippen molar-refractivity contribution >= 4 is 17.2 Å². The number of carbonyl (C=O) groups is 1. The Labute approximate surface area is 131 Å². The van der Waals surface area contributed by atoms with Gasteiger partial charge in [0.05, 0.1) is 11.7 Å². The van der Waals surface area contributed by atoms with E-state index < -0.39 is 0 Å². The molecular formula is C15H15N5OS. The van der Waals surface area contributed by atoms with Gasteiger partial charge in [-0.05, 0) is 40.9 Å². The van der Waals surface area contributed by atoms with Crippen LogP contribution in [-0.4, -0.2) is 25.7 Å². The minimum atomic E-state index is -0.160. The van der Waals surface area contributed by atoms with E-state index >= 15 is 0 Å². The van der Waals surface area contributed by atoms with Crippen LogP contribution in [0.25, 0.3) is 0 Å². The number of nitrogens with one attached hydrogen (secondary N) is 1. The molecule has 1 amide bonds. The summed E-state index contributed by atoms with van der Waals surface area (Å²) in [7, 11) is 0. The maximum atomic E-state index is 12.2. The molecule has 0 radical (unpaired) electrons. The first kappa shape index (κ1) is 14.4. The summed E-state index contributed by atoms with van der Waals surface area (Å²) in [6.45, 7) is 0.146. The molecule has 3 aromatic rings. The Hall–Kier alpha value is -2.54. The third kappa shape index (κ3) is 3.76. The van der Waals surface area contributed by atoms with Gasteiger partial charge in [0.2, 0.25) is 5.91 Å². The molecule has 112 valence electrons. The van der Waals surface area contributed by atoms with Crippen molar-refractivity contribution in [2.45, 2.75) is 19.0 Å². The molecule has 0 aliphatic carbocycles. The maximum Gasteiger partial charge on any atom is 0.242 e. The van der Waals surface area contributed by atoms with Gasteiger partial charge in [-0.2, -0.15) is 16.4 Å². The molecule has 6 nitrogen and oxygen atoms in total. The lowest BCUT2D eigenvalue weighted by Crippen LogP contribution is -2.33. The van der Waals surface area contributed by atoms with E-state index in [4.69, 9.17) is 0 Å². The molecule has 3 rings (SSSR count). The van der Waals surface area contributed by atoms with Gasteiger partial charge in [0.1, 0.15) is 19.2 Å². The van der Waals surface area contributed by atoms with E-state index in [1.807, 2.05) is 23.6 Å². The molecule has 0 bridgehead atoms. The van der Waals surface area contributed by atoms with Crippen LogP contribution in [0.15, 0.2) is 53.9 Å². The Morgan fingerprint density at radius 3 is 3.00 bits per heavy atom. The van der Waals surface area contributed by atoms with Crippen molar-refractivity contribution in [3.8, 4) is 0 Å². The lowest BCUT2D eigenvalue weighted by atomic mass is 10.1. The topological polar surface area (TPSA) is 72.7 Å². The van der Waals surface area contributed by atoms with Gasteiger partial charge >= 0.3 is 0 Å². The summed E-state index contributed by atoms with van der Waals surface area (Å²) < 4.78 is 1.50. The highest BCUT2D eigenvalue weighted by Crippen LogP contribution is 2.18. The Morgan fingerprint density at radius 2 is 2.32 bits per heavy atom. The number of carbonyl (C=O) groups excluding carboxylic acids is 1. The molecule has 0 spiro atoms. The van der Waals surface area contributed by atoms with Crippen molar-refractivity contribution < 1.29 is 4.79 Å². The largest absolute Gasteiger partial charge is 0.346 e. The molecule has 1 N–H and O–H groups in total. The van der Waals surface area contributed by atoms with Crippen LogP contribution in [0.1, 0.15) is 17.3 Å². The second-order valence-electron chi connectivity index (χ2n) is 4.80. The van der Waals surface area contributed by atoms with Crippen molar-refractivity contribution in [2.75, 3.05) is 0 Å². The van der Waals surface area contributed by atoms with E-state index in [1.54, 1.807) is 17.5 Å². The molecule has 0 aliphatic rings. The fourth-order valence-electron chi connectivity index (χ4n) is 2.16. The number of amides is 1. The third-order valence-electron chi connectivity index (χ3n) is 3.17. The van der Waals surface area contributed by atoms with Crippen molar-refractivity contribution in [1.29, 1.82) is 0 Å². The molecule has 0 saturated carbocycles. The standard InChI is InChI=1S/C15H15N5OS/c21-15(8-20-11-16-10-18-20)19-14(7-12-4-6-22-9-12)13-3-1-2-5-17-13/h1-6,9-11,14H,7-8H2,(H,19,21)/t14-/m1/s1. The zero-order chi connectivity index (χ0) is 15.2. The molecule has 22 heavy (non-hydrogen) atoms. The molecule has 0 saturated heterocycles. The second-order valence-corrected chi connectivity index (χ2v) is 5.58. The molecule has 0 fully saturated rings. The number of thiophene rings is 1. The highest BCUT2D eigenvalue weighted by Gasteiger charge is 2.17. The minimum absolute atomic E-state index is 0.114. The van der Waals surface area contributed by atoms with Crippen LogP contribution in [0.5, 0.6) is 0 Å². The summed E-state index contributed by atoms with van der Waals surface area (Å²) in [6.07, 6.45) is 5.38. The number of rotatable bonds is 6. The van der Waals surface area contributed by atoms with Gasteiger partial charge in [-0.1, -0.05) is 6.07 Å². The van der Waals surface area contributed by atoms with Crippen LogP contribution in [0.2, 0.25) is 0 Å². The van der Waals surface area contributed by atoms with Gasteiger partial charge in [0.25, 0.3) is 0 Å². The van der Waals surface area contributed by atoms with Crippen molar-refractivity contribution in [1.82, 2.24) is 25.1 Å². The van der Waals surface area contributed by atoms with Crippen molar-refractivity contribution in [3.05, 3.63) is 65.1 Å². The lowest BCUT2D eigenvalue weighted by Gasteiger charge is -2.18. The zero-order valence-corrected chi connectivity index (χ0v) is 12.6. The van der Waals surface area contributed by atoms with Crippen LogP contribution in [0, 0.1) is 0 Å². The van der Waals surface area contributed by atoms with Gasteiger partial charge in [0, 0.05) is 6.20 Å². The van der Waals surface area contributed by atoms with Crippen LogP contribution in [0.4, 0.5) is 0 Å². The lowest BCUT2D eigenvalue weighted by molar-refractivity contribution is -0.122. The Bertz CT molecular complexity index is 697. The normalized spacial score (nSPS) is 12.0. The van der Waals surface area contributed by atoms with Crippen molar-refractivity contribution in [2.24, 2.45) is 0 Å². The summed E-state index contributed by atoms with van der Waals surface area (Å²) in [4.78, 5) is 20.4. The Kier molecular flexibility index (Phi) is 4.55. The number of hydrogen-bond acceptors (Lipinski definition) is 5. The fourth-order valence-corrected chi connectivity index (χ4v) is 2.84. The first-order valence-electron chi connectivity index (χ1n) is 6.85. The average Bonchev–Trinajstić information content (AvgIpc) is 3.21. The predicted octanol–water partition coefficient (Wildman–Crippen LogP) is 1.83. The van der Waals surface area contributed by atoms with Gasteiger partial charge in [0.15, 0.2) is 0 Å². The van der Waals surface area contributed by atoms with Crippen LogP contribution < -0.4 is 5.32 Å². The molecule has 0 aromatic carbocycles. The monoisotopic (exact) mass is 313 g/mol. The molecule has 7 heteroatoms. The Balaban J connectivity index is 1.72. The molecular weight excluding hydrogens is 298 g/mol. The first-order valence-corrected chi connectivity index (χ1v) is 7.79. The van der Waals surface area contributed by atoms with Gasteiger partial charge in [-0.25, -0.2) is 9.67 Å². The van der Waals surface area contributed by atoms with E-state index in [9.17, 15) is 4.79 Å². The number of hydrogen-bond donors (Lipinski definition) is 1. The molecule has 0 unspecified atom stereocenters. The number of nitrogens with zero attached hydrogens (tertiary/aromatic N) is 4. The van der Waals surface area contributed by atoms with Crippen LogP contribution >= 0.6 is 11.3 Å². The van der Waals surface area contributed by atoms with Crippen LogP contribution in [-0.2, 0) is 17.8 Å². The smallest absolute Gasteiger partial charge is 0.242 e. The maximum absolute atomic E-state index is 12.2. The summed E-state index contributed by atoms with van der Waals surface area (Å²) in [6, 6.07) is 7.61. The molecule has 3 heterocycles. The van der Waals surface area contributed by atoms with E-state index in [0.717, 1.165) is 5.69 Å². The Morgan fingerprint density at radius 1 is 1.36 bits per heavy atom. The highest BCUT2D eigenvalue weighted by molar-refractivity contribution is 7.07.